The number of aliphatic carboxylic acids is 1. The molecule has 2 heterocycles. The third-order valence-corrected chi connectivity index (χ3v) is 5.58. The molecule has 9 heteroatoms. The number of rotatable bonds is 4. The molecular formula is C21H27F3N2O4. The number of carboxylic acids is 1. The minimum absolute atomic E-state index is 0.118. The summed E-state index contributed by atoms with van der Waals surface area (Å²) in [7, 11) is 0. The molecule has 6 nitrogen and oxygen atoms in total. The van der Waals surface area contributed by atoms with Gasteiger partial charge in [-0.1, -0.05) is 29.8 Å². The van der Waals surface area contributed by atoms with Gasteiger partial charge in [-0.2, -0.15) is 13.2 Å². The number of nitrogens with one attached hydrogen (secondary N) is 1. The third-order valence-electron chi connectivity index (χ3n) is 5.58. The van der Waals surface area contributed by atoms with Crippen LogP contribution >= 0.6 is 0 Å². The van der Waals surface area contributed by atoms with Crippen molar-refractivity contribution >= 4 is 11.9 Å². The fraction of sp³-hybridized carbons (Fsp3) is 0.619. The Morgan fingerprint density at radius 3 is 2.57 bits per heavy atom. The number of nitrogens with zero attached hydrogens (tertiary/aromatic N) is 1. The Morgan fingerprint density at radius 1 is 1.27 bits per heavy atom. The molecule has 3 fully saturated rings. The summed E-state index contributed by atoms with van der Waals surface area (Å²) in [5.74, 6) is -2.08. The molecule has 3 atom stereocenters. The number of halogens is 3. The number of carboxylic acid groups (broad SMARTS) is 1. The van der Waals surface area contributed by atoms with Crippen molar-refractivity contribution in [2.24, 2.45) is 5.92 Å². The number of fused-ring (bicyclic) bond motifs is 1. The highest BCUT2D eigenvalue weighted by atomic mass is 19.4. The highest BCUT2D eigenvalue weighted by Crippen LogP contribution is 2.34. The lowest BCUT2D eigenvalue weighted by molar-refractivity contribution is -0.192. The number of hydrogen-bond acceptors (Lipinski definition) is 4. The van der Waals surface area contributed by atoms with Crippen molar-refractivity contribution in [2.75, 3.05) is 13.1 Å². The monoisotopic (exact) mass is 428 g/mol. The van der Waals surface area contributed by atoms with E-state index in [-0.39, 0.29) is 18.1 Å². The smallest absolute Gasteiger partial charge is 0.475 e. The molecule has 1 saturated carbocycles. The van der Waals surface area contributed by atoms with Crippen molar-refractivity contribution in [3.05, 3.63) is 35.4 Å². The molecule has 2 saturated heterocycles. The van der Waals surface area contributed by atoms with Crippen LogP contribution in [0.15, 0.2) is 24.3 Å². The number of amides is 1. The van der Waals surface area contributed by atoms with Crippen molar-refractivity contribution in [1.82, 2.24) is 10.2 Å². The van der Waals surface area contributed by atoms with E-state index in [1.54, 1.807) is 0 Å². The first-order chi connectivity index (χ1) is 14.1. The number of carbonyl (C=O) groups is 2. The Kier molecular flexibility index (Phi) is 7.02. The first kappa shape index (κ1) is 22.6. The van der Waals surface area contributed by atoms with Gasteiger partial charge in [0.05, 0.1) is 6.10 Å². The van der Waals surface area contributed by atoms with Gasteiger partial charge in [0.2, 0.25) is 5.91 Å². The van der Waals surface area contributed by atoms with Gasteiger partial charge in [0.1, 0.15) is 6.10 Å². The molecule has 0 bridgehead atoms. The van der Waals surface area contributed by atoms with E-state index in [4.69, 9.17) is 14.6 Å². The molecule has 166 valence electrons. The summed E-state index contributed by atoms with van der Waals surface area (Å²) in [6.45, 7) is 5.17. The van der Waals surface area contributed by atoms with Gasteiger partial charge in [-0.25, -0.2) is 4.79 Å². The lowest BCUT2D eigenvalue weighted by Crippen LogP contribution is -2.42. The SMILES string of the molecule is Cc1cccc(CN2CC[C@H]3C[C@@H](C(=O)NC4CC4)O[C@@H]3C2)c1.O=C(O)C(F)(F)F. The second-order valence-corrected chi connectivity index (χ2v) is 8.26. The summed E-state index contributed by atoms with van der Waals surface area (Å²) in [6, 6.07) is 9.14. The molecule has 2 N–H and O–H groups in total. The molecule has 1 amide bonds. The molecule has 0 unspecified atom stereocenters. The number of benzene rings is 1. The lowest BCUT2D eigenvalue weighted by atomic mass is 9.91. The summed E-state index contributed by atoms with van der Waals surface area (Å²) < 4.78 is 37.8. The predicted molar refractivity (Wildman–Crippen MR) is 103 cm³/mol. The third kappa shape index (κ3) is 6.43. The Hall–Kier alpha value is -2.13. The van der Waals surface area contributed by atoms with Gasteiger partial charge in [0.25, 0.3) is 0 Å². The largest absolute Gasteiger partial charge is 0.490 e. The summed E-state index contributed by atoms with van der Waals surface area (Å²) in [4.78, 5) is 23.6. The van der Waals surface area contributed by atoms with E-state index in [0.29, 0.717) is 12.0 Å². The van der Waals surface area contributed by atoms with E-state index in [1.807, 2.05) is 0 Å². The first-order valence-corrected chi connectivity index (χ1v) is 10.2. The second kappa shape index (κ2) is 9.34. The molecule has 1 aliphatic carbocycles. The Balaban J connectivity index is 0.000000318. The highest BCUT2D eigenvalue weighted by molar-refractivity contribution is 5.81. The van der Waals surface area contributed by atoms with Crippen LogP contribution in [-0.2, 0) is 20.9 Å². The minimum Gasteiger partial charge on any atom is -0.475 e. The van der Waals surface area contributed by atoms with Crippen LogP contribution in [0, 0.1) is 12.8 Å². The van der Waals surface area contributed by atoms with Crippen LogP contribution in [0.5, 0.6) is 0 Å². The number of carbonyl (C=O) groups excluding carboxylic acids is 1. The van der Waals surface area contributed by atoms with Gasteiger partial charge in [-0.3, -0.25) is 9.69 Å². The minimum atomic E-state index is -5.08. The van der Waals surface area contributed by atoms with Gasteiger partial charge < -0.3 is 15.2 Å². The van der Waals surface area contributed by atoms with Crippen LogP contribution < -0.4 is 5.32 Å². The molecule has 0 spiro atoms. The zero-order valence-electron chi connectivity index (χ0n) is 16.8. The van der Waals surface area contributed by atoms with Crippen LogP contribution in [0.4, 0.5) is 13.2 Å². The maximum atomic E-state index is 12.2. The van der Waals surface area contributed by atoms with Crippen molar-refractivity contribution in [2.45, 2.75) is 63.6 Å². The van der Waals surface area contributed by atoms with E-state index < -0.39 is 12.1 Å². The van der Waals surface area contributed by atoms with E-state index in [0.717, 1.165) is 45.3 Å². The average Bonchev–Trinajstić information content (AvgIpc) is 3.37. The van der Waals surface area contributed by atoms with E-state index in [1.165, 1.54) is 11.1 Å². The Labute approximate surface area is 173 Å². The number of hydrogen-bond donors (Lipinski definition) is 2. The lowest BCUT2D eigenvalue weighted by Gasteiger charge is -2.34. The number of likely N-dealkylation sites (tertiary alicyclic amines) is 1. The van der Waals surface area contributed by atoms with Crippen LogP contribution in [0.3, 0.4) is 0 Å². The predicted octanol–water partition coefficient (Wildman–Crippen LogP) is 2.89. The van der Waals surface area contributed by atoms with Gasteiger partial charge in [-0.05, 0) is 50.6 Å². The van der Waals surface area contributed by atoms with Crippen LogP contribution in [0.1, 0.15) is 36.8 Å². The zero-order chi connectivity index (χ0) is 21.9. The van der Waals surface area contributed by atoms with Gasteiger partial charge in [0.15, 0.2) is 0 Å². The van der Waals surface area contributed by atoms with Gasteiger partial charge in [0, 0.05) is 19.1 Å². The normalized spacial score (nSPS) is 26.3. The number of aryl methyl sites for hydroxylation is 1. The van der Waals surface area contributed by atoms with E-state index in [2.05, 4.69) is 41.4 Å². The topological polar surface area (TPSA) is 78.9 Å². The molecule has 0 radical (unpaired) electrons. The van der Waals surface area contributed by atoms with E-state index >= 15 is 0 Å². The van der Waals surface area contributed by atoms with Gasteiger partial charge in [-0.15, -0.1) is 0 Å². The van der Waals surface area contributed by atoms with Gasteiger partial charge >= 0.3 is 12.1 Å². The molecule has 2 aliphatic heterocycles. The highest BCUT2D eigenvalue weighted by Gasteiger charge is 2.42. The average molecular weight is 428 g/mol. The van der Waals surface area contributed by atoms with Crippen molar-refractivity contribution in [1.29, 1.82) is 0 Å². The summed E-state index contributed by atoms with van der Waals surface area (Å²) in [5.41, 5.74) is 2.68. The molecule has 3 aliphatic rings. The van der Waals surface area contributed by atoms with Crippen LogP contribution in [-0.4, -0.2) is 59.4 Å². The Bertz CT molecular complexity index is 767. The number of piperidine rings is 1. The van der Waals surface area contributed by atoms with Crippen molar-refractivity contribution in [3.8, 4) is 0 Å². The molecule has 1 aromatic carbocycles. The molecular weight excluding hydrogens is 401 g/mol. The fourth-order valence-corrected chi connectivity index (χ4v) is 3.90. The molecule has 0 aromatic heterocycles. The number of ether oxygens (including phenoxy) is 1. The number of alkyl halides is 3. The van der Waals surface area contributed by atoms with Crippen molar-refractivity contribution in [3.63, 3.8) is 0 Å². The summed E-state index contributed by atoms with van der Waals surface area (Å²) in [5, 5.41) is 10.2. The molecule has 1 aromatic rings. The Morgan fingerprint density at radius 2 is 1.97 bits per heavy atom. The fourth-order valence-electron chi connectivity index (χ4n) is 3.90. The summed E-state index contributed by atoms with van der Waals surface area (Å²) in [6.07, 6.45) is -0.760. The maximum absolute atomic E-state index is 12.2. The van der Waals surface area contributed by atoms with Crippen LogP contribution in [0.25, 0.3) is 0 Å². The standard InChI is InChI=1S/C19H26N2O2.C2HF3O2/c1-13-3-2-4-14(9-13)11-21-8-7-15-10-17(23-18(15)12-21)19(22)20-16-5-6-16;3-2(4,5)1(6)7/h2-4,9,15-18H,5-8,10-12H2,1H3,(H,20,22);(H,6,7)/t15-,17-,18+;/m0./s1. The molecule has 4 rings (SSSR count). The second-order valence-electron chi connectivity index (χ2n) is 8.26. The van der Waals surface area contributed by atoms with E-state index in [9.17, 15) is 18.0 Å². The zero-order valence-corrected chi connectivity index (χ0v) is 16.8. The van der Waals surface area contributed by atoms with Crippen LogP contribution in [0.2, 0.25) is 0 Å². The molecule has 30 heavy (non-hydrogen) atoms. The van der Waals surface area contributed by atoms with Crippen molar-refractivity contribution < 1.29 is 32.6 Å². The quantitative estimate of drug-likeness (QED) is 0.771. The summed E-state index contributed by atoms with van der Waals surface area (Å²) >= 11 is 0. The first-order valence-electron chi connectivity index (χ1n) is 10.2. The maximum Gasteiger partial charge on any atom is 0.490 e.